The van der Waals surface area contributed by atoms with Gasteiger partial charge in [-0.1, -0.05) is 35.3 Å². The van der Waals surface area contributed by atoms with Crippen molar-refractivity contribution in [2.45, 2.75) is 6.54 Å². The number of hydrogen-bond donors (Lipinski definition) is 2. The Hall–Kier alpha value is -2.51. The second-order valence-electron chi connectivity index (χ2n) is 6.34. The monoisotopic (exact) mass is 404 g/mol. The molecule has 0 radical (unpaired) electrons. The van der Waals surface area contributed by atoms with Crippen molar-refractivity contribution >= 4 is 46.1 Å². The lowest BCUT2D eigenvalue weighted by Gasteiger charge is -2.35. The summed E-state index contributed by atoms with van der Waals surface area (Å²) >= 11 is 11.9. The summed E-state index contributed by atoms with van der Waals surface area (Å²) in [5.74, 6) is 0.837. The minimum atomic E-state index is -0.0675. The lowest BCUT2D eigenvalue weighted by molar-refractivity contribution is 0.194. The molecular formula is C18H18Cl2N6O. The topological polar surface area (TPSA) is 77.2 Å². The Labute approximate surface area is 166 Å². The maximum Gasteiger partial charge on any atom is 0.317 e. The molecule has 0 atom stereocenters. The first-order valence-electron chi connectivity index (χ1n) is 8.61. The molecule has 2 aromatic heterocycles. The summed E-state index contributed by atoms with van der Waals surface area (Å²) in [4.78, 5) is 28.0. The molecule has 1 fully saturated rings. The number of aromatic nitrogens is 3. The third kappa shape index (κ3) is 3.94. The van der Waals surface area contributed by atoms with E-state index in [0.29, 0.717) is 48.5 Å². The van der Waals surface area contributed by atoms with Crippen LogP contribution in [0, 0.1) is 0 Å². The van der Waals surface area contributed by atoms with Gasteiger partial charge in [-0.05, 0) is 23.8 Å². The molecule has 2 amide bonds. The van der Waals surface area contributed by atoms with E-state index in [9.17, 15) is 4.79 Å². The van der Waals surface area contributed by atoms with E-state index < -0.39 is 0 Å². The number of urea groups is 1. The zero-order chi connectivity index (χ0) is 18.8. The van der Waals surface area contributed by atoms with Crippen LogP contribution in [0.15, 0.2) is 36.7 Å². The van der Waals surface area contributed by atoms with Gasteiger partial charge in [0.1, 0.15) is 22.9 Å². The maximum absolute atomic E-state index is 12.4. The Bertz CT molecular complexity index is 950. The maximum atomic E-state index is 12.4. The van der Waals surface area contributed by atoms with Gasteiger partial charge in [0, 0.05) is 37.7 Å². The first kappa shape index (κ1) is 17.9. The van der Waals surface area contributed by atoms with Gasteiger partial charge in [-0.3, -0.25) is 0 Å². The summed E-state index contributed by atoms with van der Waals surface area (Å²) in [6.07, 6.45) is 1.52. The fourth-order valence-corrected chi connectivity index (χ4v) is 3.48. The second kappa shape index (κ2) is 7.62. The average Bonchev–Trinajstić information content (AvgIpc) is 3.07. The Balaban J connectivity index is 1.35. The van der Waals surface area contributed by atoms with E-state index in [1.807, 2.05) is 35.2 Å². The minimum absolute atomic E-state index is 0.0675. The fourth-order valence-electron chi connectivity index (χ4n) is 3.16. The zero-order valence-corrected chi connectivity index (χ0v) is 16.0. The number of amides is 2. The number of H-pyrrole nitrogens is 1. The third-order valence-electron chi connectivity index (χ3n) is 4.60. The smallest absolute Gasteiger partial charge is 0.317 e. The van der Waals surface area contributed by atoms with Crippen LogP contribution in [0.2, 0.25) is 10.2 Å². The molecule has 1 aliphatic heterocycles. The van der Waals surface area contributed by atoms with Crippen molar-refractivity contribution in [3.63, 3.8) is 0 Å². The largest absolute Gasteiger partial charge is 0.352 e. The van der Waals surface area contributed by atoms with E-state index in [2.05, 4.69) is 25.2 Å². The number of carbonyl (C=O) groups is 1. The molecule has 27 heavy (non-hydrogen) atoms. The number of carbonyl (C=O) groups excluding carboxylic acids is 1. The zero-order valence-electron chi connectivity index (χ0n) is 14.5. The first-order chi connectivity index (χ1) is 13.1. The number of benzene rings is 1. The van der Waals surface area contributed by atoms with Gasteiger partial charge >= 0.3 is 6.03 Å². The summed E-state index contributed by atoms with van der Waals surface area (Å²) in [6.45, 7) is 3.11. The van der Waals surface area contributed by atoms with Crippen LogP contribution in [0.5, 0.6) is 0 Å². The highest BCUT2D eigenvalue weighted by Crippen LogP contribution is 2.26. The number of aromatic amines is 1. The highest BCUT2D eigenvalue weighted by Gasteiger charge is 2.23. The SMILES string of the molecule is O=C(NCc1ccc(Cl)cc1)N1CCN(c2ncnc3[nH]c(Cl)cc23)CC1. The van der Waals surface area contributed by atoms with Crippen molar-refractivity contribution in [2.24, 2.45) is 0 Å². The van der Waals surface area contributed by atoms with Crippen molar-refractivity contribution in [2.75, 3.05) is 31.1 Å². The molecule has 4 rings (SSSR count). The van der Waals surface area contributed by atoms with E-state index in [1.165, 1.54) is 6.33 Å². The molecule has 3 aromatic rings. The summed E-state index contributed by atoms with van der Waals surface area (Å²) in [5, 5.41) is 5.06. The quantitative estimate of drug-likeness (QED) is 0.701. The van der Waals surface area contributed by atoms with Gasteiger partial charge in [0.05, 0.1) is 5.39 Å². The highest BCUT2D eigenvalue weighted by atomic mass is 35.5. The molecule has 140 valence electrons. The van der Waals surface area contributed by atoms with E-state index in [4.69, 9.17) is 23.2 Å². The van der Waals surface area contributed by atoms with E-state index in [-0.39, 0.29) is 6.03 Å². The summed E-state index contributed by atoms with van der Waals surface area (Å²) in [5.41, 5.74) is 1.73. The number of piperazine rings is 1. The molecule has 3 heterocycles. The molecule has 0 bridgehead atoms. The van der Waals surface area contributed by atoms with Crippen LogP contribution in [0.1, 0.15) is 5.56 Å². The van der Waals surface area contributed by atoms with Crippen LogP contribution >= 0.6 is 23.2 Å². The summed E-state index contributed by atoms with van der Waals surface area (Å²) in [6, 6.07) is 9.21. The molecular weight excluding hydrogens is 387 g/mol. The van der Waals surface area contributed by atoms with Gasteiger partial charge < -0.3 is 20.1 Å². The molecule has 1 saturated heterocycles. The normalized spacial score (nSPS) is 14.6. The summed E-state index contributed by atoms with van der Waals surface area (Å²) in [7, 11) is 0. The molecule has 1 aliphatic rings. The third-order valence-corrected chi connectivity index (χ3v) is 5.05. The Morgan fingerprint density at radius 1 is 1.11 bits per heavy atom. The van der Waals surface area contributed by atoms with Crippen LogP contribution < -0.4 is 10.2 Å². The first-order valence-corrected chi connectivity index (χ1v) is 9.37. The van der Waals surface area contributed by atoms with E-state index in [0.717, 1.165) is 16.8 Å². The van der Waals surface area contributed by atoms with Gasteiger partial charge in [-0.15, -0.1) is 0 Å². The van der Waals surface area contributed by atoms with E-state index in [1.54, 1.807) is 0 Å². The lowest BCUT2D eigenvalue weighted by Crippen LogP contribution is -2.52. The Morgan fingerprint density at radius 2 is 1.85 bits per heavy atom. The predicted molar refractivity (Wildman–Crippen MR) is 106 cm³/mol. The van der Waals surface area contributed by atoms with Gasteiger partial charge in [0.2, 0.25) is 0 Å². The van der Waals surface area contributed by atoms with Crippen LogP contribution in [0.3, 0.4) is 0 Å². The van der Waals surface area contributed by atoms with Crippen molar-refractivity contribution in [1.29, 1.82) is 0 Å². The predicted octanol–water partition coefficient (Wildman–Crippen LogP) is 3.30. The molecule has 1 aromatic carbocycles. The Kier molecular flexibility index (Phi) is 5.05. The van der Waals surface area contributed by atoms with Crippen molar-refractivity contribution in [3.05, 3.63) is 52.4 Å². The number of hydrogen-bond acceptors (Lipinski definition) is 4. The van der Waals surface area contributed by atoms with Crippen LogP contribution in [0.25, 0.3) is 11.0 Å². The number of nitrogens with zero attached hydrogens (tertiary/aromatic N) is 4. The highest BCUT2D eigenvalue weighted by molar-refractivity contribution is 6.31. The van der Waals surface area contributed by atoms with Gasteiger partial charge in [0.15, 0.2) is 0 Å². The minimum Gasteiger partial charge on any atom is -0.352 e. The van der Waals surface area contributed by atoms with Crippen LogP contribution in [-0.4, -0.2) is 52.1 Å². The number of anilines is 1. The van der Waals surface area contributed by atoms with Crippen molar-refractivity contribution in [1.82, 2.24) is 25.2 Å². The lowest BCUT2D eigenvalue weighted by atomic mass is 10.2. The molecule has 2 N–H and O–H groups in total. The average molecular weight is 405 g/mol. The number of fused-ring (bicyclic) bond motifs is 1. The molecule has 7 nitrogen and oxygen atoms in total. The fraction of sp³-hybridized carbons (Fsp3) is 0.278. The van der Waals surface area contributed by atoms with Gasteiger partial charge in [-0.2, -0.15) is 0 Å². The number of halogens is 2. The van der Waals surface area contributed by atoms with Gasteiger partial charge in [0.25, 0.3) is 0 Å². The Morgan fingerprint density at radius 3 is 2.59 bits per heavy atom. The van der Waals surface area contributed by atoms with Gasteiger partial charge in [-0.25, -0.2) is 14.8 Å². The number of rotatable bonds is 3. The molecule has 0 aliphatic carbocycles. The van der Waals surface area contributed by atoms with E-state index >= 15 is 0 Å². The second-order valence-corrected chi connectivity index (χ2v) is 7.18. The molecule has 9 heteroatoms. The standard InChI is InChI=1S/C18H18Cl2N6O/c19-13-3-1-12(2-4-13)10-21-18(27)26-7-5-25(6-8-26)17-14-9-15(20)24-16(14)22-11-23-17/h1-4,9,11H,5-8,10H2,(H,21,27)(H,22,23,24). The molecule has 0 spiro atoms. The van der Waals surface area contributed by atoms with Crippen LogP contribution in [-0.2, 0) is 6.54 Å². The number of nitrogens with one attached hydrogen (secondary N) is 2. The van der Waals surface area contributed by atoms with Crippen LogP contribution in [0.4, 0.5) is 10.6 Å². The summed E-state index contributed by atoms with van der Waals surface area (Å²) < 4.78 is 0. The van der Waals surface area contributed by atoms with Crippen molar-refractivity contribution in [3.8, 4) is 0 Å². The molecule has 0 unspecified atom stereocenters. The molecule has 0 saturated carbocycles. The van der Waals surface area contributed by atoms with Crippen molar-refractivity contribution < 1.29 is 4.79 Å².